The molecule has 2 N–H and O–H groups in total. The average molecular weight is 266 g/mol. The second-order valence-corrected chi connectivity index (χ2v) is 5.55. The minimum Gasteiger partial charge on any atom is -0.364 e. The van der Waals surface area contributed by atoms with Gasteiger partial charge in [0, 0.05) is 18.8 Å². The number of nitrogens with zero attached hydrogens (tertiary/aromatic N) is 1. The van der Waals surface area contributed by atoms with E-state index in [4.69, 9.17) is 5.73 Å². The molecule has 1 saturated heterocycles. The number of rotatable bonds is 3. The highest BCUT2D eigenvalue weighted by molar-refractivity contribution is 5.61. The Hall–Kier alpha value is -1.80. The van der Waals surface area contributed by atoms with Gasteiger partial charge in [-0.15, -0.1) is 0 Å². The molecule has 1 aliphatic rings. The van der Waals surface area contributed by atoms with Crippen LogP contribution in [0.3, 0.4) is 0 Å². The molecule has 2 heteroatoms. The van der Waals surface area contributed by atoms with Crippen LogP contribution in [0.15, 0.2) is 48.5 Å². The number of anilines is 1. The van der Waals surface area contributed by atoms with Gasteiger partial charge in [-0.3, -0.25) is 0 Å². The number of para-hydroxylation sites is 1. The van der Waals surface area contributed by atoms with Crippen LogP contribution < -0.4 is 10.6 Å². The largest absolute Gasteiger partial charge is 0.364 e. The van der Waals surface area contributed by atoms with Crippen molar-refractivity contribution in [3.05, 3.63) is 65.2 Å². The van der Waals surface area contributed by atoms with Crippen LogP contribution in [0.1, 0.15) is 35.6 Å². The lowest BCUT2D eigenvalue weighted by molar-refractivity contribution is 0.714. The molecule has 0 radical (unpaired) electrons. The Kier molecular flexibility index (Phi) is 3.75. The van der Waals surface area contributed by atoms with Crippen molar-refractivity contribution < 1.29 is 0 Å². The summed E-state index contributed by atoms with van der Waals surface area (Å²) in [7, 11) is 0. The molecule has 0 saturated carbocycles. The molecule has 1 fully saturated rings. The molecule has 104 valence electrons. The van der Waals surface area contributed by atoms with Crippen molar-refractivity contribution in [2.24, 2.45) is 5.73 Å². The highest BCUT2D eigenvalue weighted by Gasteiger charge is 2.28. The quantitative estimate of drug-likeness (QED) is 0.915. The van der Waals surface area contributed by atoms with Gasteiger partial charge in [-0.2, -0.15) is 0 Å². The van der Waals surface area contributed by atoms with E-state index >= 15 is 0 Å². The molecule has 0 aromatic heterocycles. The van der Waals surface area contributed by atoms with E-state index in [1.807, 2.05) is 0 Å². The lowest BCUT2D eigenvalue weighted by atomic mass is 10.0. The minimum absolute atomic E-state index is 0.489. The smallest absolute Gasteiger partial charge is 0.0543 e. The standard InChI is InChI=1S/C18H22N2/c1-14-7-5-10-16(13-19)18(14)20-12-6-11-17(20)15-8-3-2-4-9-15/h2-5,7-10,17H,6,11-13,19H2,1H3. The fourth-order valence-corrected chi connectivity index (χ4v) is 3.35. The van der Waals surface area contributed by atoms with Gasteiger partial charge in [0.05, 0.1) is 6.04 Å². The van der Waals surface area contributed by atoms with Crippen LogP contribution in [0.5, 0.6) is 0 Å². The first-order valence-electron chi connectivity index (χ1n) is 7.41. The van der Waals surface area contributed by atoms with Gasteiger partial charge in [0.2, 0.25) is 0 Å². The number of hydrogen-bond donors (Lipinski definition) is 1. The number of nitrogens with two attached hydrogens (primary N) is 1. The van der Waals surface area contributed by atoms with E-state index in [-0.39, 0.29) is 0 Å². The van der Waals surface area contributed by atoms with Gasteiger partial charge in [0.15, 0.2) is 0 Å². The van der Waals surface area contributed by atoms with E-state index in [2.05, 4.69) is 60.4 Å². The summed E-state index contributed by atoms with van der Waals surface area (Å²) >= 11 is 0. The molecule has 3 rings (SSSR count). The zero-order valence-electron chi connectivity index (χ0n) is 12.0. The maximum atomic E-state index is 5.94. The first-order chi connectivity index (χ1) is 9.81. The molecular formula is C18H22N2. The summed E-state index contributed by atoms with van der Waals surface area (Å²) in [6.07, 6.45) is 2.47. The van der Waals surface area contributed by atoms with E-state index in [0.29, 0.717) is 12.6 Å². The molecular weight excluding hydrogens is 244 g/mol. The summed E-state index contributed by atoms with van der Waals surface area (Å²) in [6.45, 7) is 3.92. The molecule has 2 nitrogen and oxygen atoms in total. The van der Waals surface area contributed by atoms with Crippen molar-refractivity contribution >= 4 is 5.69 Å². The van der Waals surface area contributed by atoms with Crippen molar-refractivity contribution in [2.75, 3.05) is 11.4 Å². The highest BCUT2D eigenvalue weighted by Crippen LogP contribution is 2.39. The first kappa shape index (κ1) is 13.2. The van der Waals surface area contributed by atoms with E-state index in [1.165, 1.54) is 35.2 Å². The molecule has 0 amide bonds. The van der Waals surface area contributed by atoms with Crippen molar-refractivity contribution in [3.63, 3.8) is 0 Å². The summed E-state index contributed by atoms with van der Waals surface area (Å²) in [4.78, 5) is 2.55. The number of aryl methyl sites for hydroxylation is 1. The van der Waals surface area contributed by atoms with Gasteiger partial charge in [-0.1, -0.05) is 48.5 Å². The second kappa shape index (κ2) is 5.68. The summed E-state index contributed by atoms with van der Waals surface area (Å²) < 4.78 is 0. The van der Waals surface area contributed by atoms with Crippen LogP contribution >= 0.6 is 0 Å². The molecule has 0 aliphatic carbocycles. The van der Waals surface area contributed by atoms with Crippen LogP contribution in [0.4, 0.5) is 5.69 Å². The Morgan fingerprint density at radius 1 is 1.10 bits per heavy atom. The van der Waals surface area contributed by atoms with Crippen LogP contribution in [0, 0.1) is 6.92 Å². The van der Waals surface area contributed by atoms with Gasteiger partial charge in [-0.05, 0) is 36.5 Å². The van der Waals surface area contributed by atoms with Crippen LogP contribution in [0.2, 0.25) is 0 Å². The number of benzene rings is 2. The molecule has 1 heterocycles. The van der Waals surface area contributed by atoms with Gasteiger partial charge >= 0.3 is 0 Å². The van der Waals surface area contributed by atoms with E-state index in [9.17, 15) is 0 Å². The minimum atomic E-state index is 0.489. The predicted octanol–water partition coefficient (Wildman–Crippen LogP) is 3.80. The van der Waals surface area contributed by atoms with E-state index in [0.717, 1.165) is 6.54 Å². The third kappa shape index (κ3) is 2.32. The van der Waals surface area contributed by atoms with Crippen LogP contribution in [-0.4, -0.2) is 6.54 Å². The molecule has 2 aromatic carbocycles. The molecule has 1 atom stereocenters. The second-order valence-electron chi connectivity index (χ2n) is 5.55. The molecule has 1 unspecified atom stereocenters. The van der Waals surface area contributed by atoms with Gasteiger partial charge in [0.1, 0.15) is 0 Å². The molecule has 0 bridgehead atoms. The van der Waals surface area contributed by atoms with Crippen LogP contribution in [-0.2, 0) is 6.54 Å². The lowest BCUT2D eigenvalue weighted by Crippen LogP contribution is -2.25. The maximum Gasteiger partial charge on any atom is 0.0543 e. The fourth-order valence-electron chi connectivity index (χ4n) is 3.35. The van der Waals surface area contributed by atoms with Crippen molar-refractivity contribution in [1.82, 2.24) is 0 Å². The Morgan fingerprint density at radius 2 is 1.90 bits per heavy atom. The van der Waals surface area contributed by atoms with Gasteiger partial charge in [0.25, 0.3) is 0 Å². The highest BCUT2D eigenvalue weighted by atomic mass is 15.2. The summed E-state index contributed by atoms with van der Waals surface area (Å²) in [6, 6.07) is 17.8. The van der Waals surface area contributed by atoms with Crippen molar-refractivity contribution in [3.8, 4) is 0 Å². The first-order valence-corrected chi connectivity index (χ1v) is 7.41. The fraction of sp³-hybridized carbons (Fsp3) is 0.333. The molecule has 1 aliphatic heterocycles. The Labute approximate surface area is 121 Å². The van der Waals surface area contributed by atoms with Gasteiger partial charge < -0.3 is 10.6 Å². The van der Waals surface area contributed by atoms with Crippen molar-refractivity contribution in [1.29, 1.82) is 0 Å². The monoisotopic (exact) mass is 266 g/mol. The van der Waals surface area contributed by atoms with Crippen molar-refractivity contribution in [2.45, 2.75) is 32.4 Å². The maximum absolute atomic E-state index is 5.94. The van der Waals surface area contributed by atoms with E-state index in [1.54, 1.807) is 0 Å². The average Bonchev–Trinajstić information content (AvgIpc) is 2.96. The third-order valence-corrected chi connectivity index (χ3v) is 4.27. The normalized spacial score (nSPS) is 18.5. The zero-order chi connectivity index (χ0) is 13.9. The van der Waals surface area contributed by atoms with Gasteiger partial charge in [-0.25, -0.2) is 0 Å². The lowest BCUT2D eigenvalue weighted by Gasteiger charge is -2.30. The van der Waals surface area contributed by atoms with E-state index < -0.39 is 0 Å². The molecule has 0 spiro atoms. The Balaban J connectivity index is 2.01. The Bertz CT molecular complexity index is 577. The predicted molar refractivity (Wildman–Crippen MR) is 84.8 cm³/mol. The SMILES string of the molecule is Cc1cccc(CN)c1N1CCCC1c1ccccc1. The summed E-state index contributed by atoms with van der Waals surface area (Å²) in [5.74, 6) is 0. The topological polar surface area (TPSA) is 29.3 Å². The third-order valence-electron chi connectivity index (χ3n) is 4.27. The number of hydrogen-bond acceptors (Lipinski definition) is 2. The Morgan fingerprint density at radius 3 is 2.65 bits per heavy atom. The zero-order valence-corrected chi connectivity index (χ0v) is 12.0. The molecule has 2 aromatic rings. The van der Waals surface area contributed by atoms with Crippen LogP contribution in [0.25, 0.3) is 0 Å². The molecule has 20 heavy (non-hydrogen) atoms. The summed E-state index contributed by atoms with van der Waals surface area (Å²) in [5, 5.41) is 0. The summed E-state index contributed by atoms with van der Waals surface area (Å²) in [5.41, 5.74) is 11.3.